The van der Waals surface area contributed by atoms with Crippen LogP contribution in [0.5, 0.6) is 5.75 Å². The highest BCUT2D eigenvalue weighted by Gasteiger charge is 2.02. The van der Waals surface area contributed by atoms with Gasteiger partial charge in [-0.15, -0.1) is 0 Å². The third-order valence-electron chi connectivity index (χ3n) is 2.11. The topological polar surface area (TPSA) is 53.1 Å². The van der Waals surface area contributed by atoms with Crippen LogP contribution in [0.2, 0.25) is 0 Å². The molecule has 1 heterocycles. The third kappa shape index (κ3) is 2.50. The van der Waals surface area contributed by atoms with E-state index in [-0.39, 0.29) is 5.82 Å². The second kappa shape index (κ2) is 4.65. The molecule has 0 radical (unpaired) electrons. The lowest BCUT2D eigenvalue weighted by molar-refractivity contribution is 0.291. The first-order valence-electron chi connectivity index (χ1n) is 4.91. The Kier molecular flexibility index (Phi) is 3.05. The average Bonchev–Trinajstić information content (AvgIpc) is 2.76. The van der Waals surface area contributed by atoms with E-state index in [2.05, 4.69) is 5.10 Å². The number of ether oxygens (including phenoxy) is 1. The zero-order valence-corrected chi connectivity index (χ0v) is 8.64. The van der Waals surface area contributed by atoms with Crippen LogP contribution >= 0.6 is 0 Å². The number of aromatic nitrogens is 2. The van der Waals surface area contributed by atoms with Gasteiger partial charge in [-0.25, -0.2) is 4.39 Å². The Morgan fingerprint density at radius 1 is 1.44 bits per heavy atom. The van der Waals surface area contributed by atoms with E-state index in [4.69, 9.17) is 10.5 Å². The standard InChI is InChI=1S/C11H12FN3O/c12-9-2-3-10(13)11(8-9)16-7-6-15-5-1-4-14-15/h1-5,8H,6-7,13H2. The Hall–Kier alpha value is -2.04. The number of benzene rings is 1. The van der Waals surface area contributed by atoms with E-state index in [0.717, 1.165) is 0 Å². The summed E-state index contributed by atoms with van der Waals surface area (Å²) in [6.07, 6.45) is 3.52. The lowest BCUT2D eigenvalue weighted by Crippen LogP contribution is -2.09. The van der Waals surface area contributed by atoms with Crippen LogP contribution in [0.4, 0.5) is 10.1 Å². The average molecular weight is 221 g/mol. The maximum Gasteiger partial charge on any atom is 0.145 e. The molecule has 0 fully saturated rings. The van der Waals surface area contributed by atoms with Gasteiger partial charge in [0.1, 0.15) is 18.2 Å². The first-order chi connectivity index (χ1) is 7.75. The zero-order chi connectivity index (χ0) is 11.4. The Labute approximate surface area is 92.4 Å². The lowest BCUT2D eigenvalue weighted by atomic mass is 10.3. The highest BCUT2D eigenvalue weighted by atomic mass is 19.1. The van der Waals surface area contributed by atoms with Crippen molar-refractivity contribution in [2.75, 3.05) is 12.3 Å². The van der Waals surface area contributed by atoms with Crippen molar-refractivity contribution < 1.29 is 9.13 Å². The summed E-state index contributed by atoms with van der Waals surface area (Å²) >= 11 is 0. The van der Waals surface area contributed by atoms with Crippen molar-refractivity contribution in [1.29, 1.82) is 0 Å². The fraction of sp³-hybridized carbons (Fsp3) is 0.182. The summed E-state index contributed by atoms with van der Waals surface area (Å²) in [6.45, 7) is 0.998. The Morgan fingerprint density at radius 2 is 2.31 bits per heavy atom. The first kappa shape index (κ1) is 10.5. The molecule has 0 aliphatic rings. The summed E-state index contributed by atoms with van der Waals surface area (Å²) in [5.41, 5.74) is 6.07. The minimum atomic E-state index is -0.358. The predicted octanol–water partition coefficient (Wildman–Crippen LogP) is 1.68. The van der Waals surface area contributed by atoms with Crippen LogP contribution in [-0.4, -0.2) is 16.4 Å². The fourth-order valence-electron chi connectivity index (χ4n) is 1.32. The Bertz CT molecular complexity index is 456. The van der Waals surface area contributed by atoms with Crippen LogP contribution in [0.3, 0.4) is 0 Å². The predicted molar refractivity (Wildman–Crippen MR) is 58.5 cm³/mol. The monoisotopic (exact) mass is 221 g/mol. The van der Waals surface area contributed by atoms with Crippen molar-refractivity contribution in [2.45, 2.75) is 6.54 Å². The summed E-state index contributed by atoms with van der Waals surface area (Å²) in [7, 11) is 0. The summed E-state index contributed by atoms with van der Waals surface area (Å²) in [5, 5.41) is 4.02. The normalized spacial score (nSPS) is 10.3. The number of rotatable bonds is 4. The van der Waals surface area contributed by atoms with Gasteiger partial charge >= 0.3 is 0 Å². The number of anilines is 1. The number of hydrogen-bond donors (Lipinski definition) is 1. The highest BCUT2D eigenvalue weighted by molar-refractivity contribution is 5.52. The number of nitrogens with two attached hydrogens (primary N) is 1. The van der Waals surface area contributed by atoms with Crippen LogP contribution < -0.4 is 10.5 Å². The van der Waals surface area contributed by atoms with Crippen LogP contribution in [0.15, 0.2) is 36.7 Å². The van der Waals surface area contributed by atoms with Crippen molar-refractivity contribution in [3.63, 3.8) is 0 Å². The summed E-state index contributed by atoms with van der Waals surface area (Å²) in [4.78, 5) is 0. The van der Waals surface area contributed by atoms with Gasteiger partial charge in [-0.2, -0.15) is 5.10 Å². The van der Waals surface area contributed by atoms with Gasteiger partial charge in [-0.05, 0) is 18.2 Å². The van der Waals surface area contributed by atoms with Crippen molar-refractivity contribution >= 4 is 5.69 Å². The van der Waals surface area contributed by atoms with E-state index in [1.807, 2.05) is 12.3 Å². The van der Waals surface area contributed by atoms with E-state index in [0.29, 0.717) is 24.6 Å². The zero-order valence-electron chi connectivity index (χ0n) is 8.64. The molecule has 1 aromatic heterocycles. The molecule has 0 aliphatic heterocycles. The van der Waals surface area contributed by atoms with Gasteiger partial charge in [-0.3, -0.25) is 4.68 Å². The van der Waals surface area contributed by atoms with Gasteiger partial charge in [0, 0.05) is 18.5 Å². The van der Waals surface area contributed by atoms with Crippen LogP contribution in [-0.2, 0) is 6.54 Å². The molecule has 4 nitrogen and oxygen atoms in total. The molecule has 84 valence electrons. The van der Waals surface area contributed by atoms with Gasteiger partial charge in [0.05, 0.1) is 12.2 Å². The SMILES string of the molecule is Nc1ccc(F)cc1OCCn1cccn1. The highest BCUT2D eigenvalue weighted by Crippen LogP contribution is 2.21. The van der Waals surface area contributed by atoms with Crippen molar-refractivity contribution in [1.82, 2.24) is 9.78 Å². The molecule has 0 bridgehead atoms. The first-order valence-corrected chi connectivity index (χ1v) is 4.91. The van der Waals surface area contributed by atoms with Crippen LogP contribution in [0.25, 0.3) is 0 Å². The molecule has 0 amide bonds. The maximum absolute atomic E-state index is 12.9. The number of nitrogen functional groups attached to an aromatic ring is 1. The quantitative estimate of drug-likeness (QED) is 0.799. The van der Waals surface area contributed by atoms with Crippen molar-refractivity contribution in [2.24, 2.45) is 0 Å². The number of nitrogens with zero attached hydrogens (tertiary/aromatic N) is 2. The van der Waals surface area contributed by atoms with Crippen molar-refractivity contribution in [3.05, 3.63) is 42.5 Å². The molecule has 1 aromatic carbocycles. The molecular formula is C11H12FN3O. The molecule has 0 atom stereocenters. The molecule has 0 unspecified atom stereocenters. The fourth-order valence-corrected chi connectivity index (χ4v) is 1.32. The van der Waals surface area contributed by atoms with Gasteiger partial charge in [0.2, 0.25) is 0 Å². The van der Waals surface area contributed by atoms with Crippen LogP contribution in [0.1, 0.15) is 0 Å². The second-order valence-electron chi connectivity index (χ2n) is 3.30. The van der Waals surface area contributed by atoms with Crippen LogP contribution in [0, 0.1) is 5.82 Å². The van der Waals surface area contributed by atoms with Crippen molar-refractivity contribution in [3.8, 4) is 5.75 Å². The number of halogens is 1. The molecule has 0 saturated carbocycles. The van der Waals surface area contributed by atoms with Gasteiger partial charge in [0.15, 0.2) is 0 Å². The molecule has 5 heteroatoms. The molecule has 2 rings (SSSR count). The molecule has 16 heavy (non-hydrogen) atoms. The van der Waals surface area contributed by atoms with Gasteiger partial charge in [0.25, 0.3) is 0 Å². The van der Waals surface area contributed by atoms with Gasteiger partial charge in [-0.1, -0.05) is 0 Å². The summed E-state index contributed by atoms with van der Waals surface area (Å²) in [6, 6.07) is 5.89. The third-order valence-corrected chi connectivity index (χ3v) is 2.11. The minimum absolute atomic E-state index is 0.358. The Morgan fingerprint density at radius 3 is 3.06 bits per heavy atom. The summed E-state index contributed by atoms with van der Waals surface area (Å²) in [5.74, 6) is 0.00967. The maximum atomic E-state index is 12.9. The minimum Gasteiger partial charge on any atom is -0.489 e. The van der Waals surface area contributed by atoms with E-state index >= 15 is 0 Å². The molecular weight excluding hydrogens is 209 g/mol. The molecule has 0 spiro atoms. The molecule has 2 aromatic rings. The molecule has 0 aliphatic carbocycles. The van der Waals surface area contributed by atoms with E-state index < -0.39 is 0 Å². The summed E-state index contributed by atoms with van der Waals surface area (Å²) < 4.78 is 20.0. The number of hydrogen-bond acceptors (Lipinski definition) is 3. The molecule has 0 saturated heterocycles. The van der Waals surface area contributed by atoms with E-state index in [1.165, 1.54) is 18.2 Å². The lowest BCUT2D eigenvalue weighted by Gasteiger charge is -2.08. The smallest absolute Gasteiger partial charge is 0.145 e. The van der Waals surface area contributed by atoms with E-state index in [1.54, 1.807) is 10.9 Å². The molecule has 2 N–H and O–H groups in total. The largest absolute Gasteiger partial charge is 0.489 e. The Balaban J connectivity index is 1.92. The van der Waals surface area contributed by atoms with Gasteiger partial charge < -0.3 is 10.5 Å². The van der Waals surface area contributed by atoms with E-state index in [9.17, 15) is 4.39 Å². The second-order valence-corrected chi connectivity index (χ2v) is 3.30.